The fourth-order valence-electron chi connectivity index (χ4n) is 3.04. The Bertz CT molecular complexity index is 985. The summed E-state index contributed by atoms with van der Waals surface area (Å²) in [5.41, 5.74) is 1.52. The molecule has 4 rings (SSSR count). The van der Waals surface area contributed by atoms with Gasteiger partial charge in [0.2, 0.25) is 5.69 Å². The van der Waals surface area contributed by atoms with Gasteiger partial charge in [-0.1, -0.05) is 34.2 Å². The van der Waals surface area contributed by atoms with E-state index in [1.807, 2.05) is 24.3 Å². The van der Waals surface area contributed by atoms with E-state index in [1.165, 1.54) is 12.1 Å². The number of halogens is 3. The van der Waals surface area contributed by atoms with Gasteiger partial charge in [0, 0.05) is 12.0 Å². The van der Waals surface area contributed by atoms with Crippen LogP contribution in [0.2, 0.25) is 0 Å². The topological polar surface area (TPSA) is 41.7 Å². The van der Waals surface area contributed by atoms with Crippen molar-refractivity contribution in [1.82, 2.24) is 9.90 Å². The quantitative estimate of drug-likeness (QED) is 0.684. The summed E-state index contributed by atoms with van der Waals surface area (Å²) < 4.78 is 41.5. The highest BCUT2D eigenvalue weighted by Crippen LogP contribution is 2.30. The van der Waals surface area contributed by atoms with Gasteiger partial charge in [-0.2, -0.15) is 13.2 Å². The Morgan fingerprint density at radius 1 is 1.04 bits per heavy atom. The van der Waals surface area contributed by atoms with Crippen molar-refractivity contribution < 1.29 is 17.9 Å². The molecule has 0 amide bonds. The van der Waals surface area contributed by atoms with E-state index >= 15 is 0 Å². The molecule has 122 valence electrons. The van der Waals surface area contributed by atoms with Crippen LogP contribution in [-0.4, -0.2) is 9.90 Å². The normalized spacial score (nSPS) is 13.5. The van der Waals surface area contributed by atoms with Crippen molar-refractivity contribution in [1.29, 1.82) is 0 Å². The van der Waals surface area contributed by atoms with E-state index in [9.17, 15) is 18.0 Å². The number of nitrogens with one attached hydrogen (secondary N) is 1. The maximum atomic E-state index is 12.9. The highest BCUT2D eigenvalue weighted by atomic mass is 19.4. The Morgan fingerprint density at radius 2 is 1.83 bits per heavy atom. The van der Waals surface area contributed by atoms with Gasteiger partial charge >= 0.3 is 11.7 Å². The Labute approximate surface area is 134 Å². The van der Waals surface area contributed by atoms with Gasteiger partial charge in [0.1, 0.15) is 0 Å². The molecule has 2 aromatic carbocycles. The Balaban J connectivity index is 1.89. The van der Waals surface area contributed by atoms with Crippen molar-refractivity contribution in [2.75, 3.05) is 0 Å². The van der Waals surface area contributed by atoms with Gasteiger partial charge < -0.3 is 0 Å². The zero-order valence-corrected chi connectivity index (χ0v) is 12.5. The summed E-state index contributed by atoms with van der Waals surface area (Å²) in [6, 6.07) is 12.4. The van der Waals surface area contributed by atoms with Crippen LogP contribution in [0.15, 0.2) is 53.3 Å². The monoisotopic (exact) mass is 332 g/mol. The van der Waals surface area contributed by atoms with Crippen LogP contribution in [0.4, 0.5) is 13.2 Å². The molecule has 0 spiro atoms. The third kappa shape index (κ3) is 2.24. The second-order valence-corrected chi connectivity index (χ2v) is 5.70. The minimum absolute atomic E-state index is 0.161. The SMILES string of the molecule is O=c1c2[n+]([nH]n1-c1cccc(C(F)(F)F)c1)-c1ccccc1CC2. The first kappa shape index (κ1) is 14.7. The number of benzene rings is 2. The van der Waals surface area contributed by atoms with Crippen molar-refractivity contribution in [3.63, 3.8) is 0 Å². The molecule has 0 unspecified atom stereocenters. The van der Waals surface area contributed by atoms with E-state index in [2.05, 4.69) is 5.21 Å². The van der Waals surface area contributed by atoms with Gasteiger partial charge in [-0.15, -0.1) is 4.68 Å². The fourth-order valence-corrected chi connectivity index (χ4v) is 3.04. The van der Waals surface area contributed by atoms with Gasteiger partial charge in [0.25, 0.3) is 0 Å². The molecular weight excluding hydrogens is 319 g/mol. The third-order valence-corrected chi connectivity index (χ3v) is 4.22. The highest BCUT2D eigenvalue weighted by Gasteiger charge is 2.33. The Hall–Kier alpha value is -2.83. The van der Waals surface area contributed by atoms with E-state index in [0.29, 0.717) is 12.1 Å². The second-order valence-electron chi connectivity index (χ2n) is 5.70. The van der Waals surface area contributed by atoms with E-state index in [4.69, 9.17) is 0 Å². The summed E-state index contributed by atoms with van der Waals surface area (Å²) in [5, 5.41) is 2.91. The first-order valence-electron chi connectivity index (χ1n) is 7.47. The molecule has 0 bridgehead atoms. The van der Waals surface area contributed by atoms with Gasteiger partial charge in [-0.05, 0) is 30.7 Å². The Morgan fingerprint density at radius 3 is 2.62 bits per heavy atom. The zero-order valence-electron chi connectivity index (χ0n) is 12.5. The number of hydrogen-bond acceptors (Lipinski definition) is 1. The summed E-state index contributed by atoms with van der Waals surface area (Å²) in [5.74, 6) is 0. The smallest absolute Gasteiger partial charge is 0.234 e. The van der Waals surface area contributed by atoms with Crippen LogP contribution in [0.1, 0.15) is 16.8 Å². The van der Waals surface area contributed by atoms with Crippen LogP contribution >= 0.6 is 0 Å². The van der Waals surface area contributed by atoms with E-state index in [0.717, 1.165) is 34.5 Å². The molecule has 1 aromatic heterocycles. The van der Waals surface area contributed by atoms with Crippen LogP contribution in [0.5, 0.6) is 0 Å². The van der Waals surface area contributed by atoms with Crippen molar-refractivity contribution in [3.8, 4) is 11.4 Å². The lowest BCUT2D eigenvalue weighted by atomic mass is 10.0. The highest BCUT2D eigenvalue weighted by molar-refractivity contribution is 5.38. The summed E-state index contributed by atoms with van der Waals surface area (Å²) >= 11 is 0. The van der Waals surface area contributed by atoms with Crippen LogP contribution < -0.4 is 10.2 Å². The van der Waals surface area contributed by atoms with E-state index < -0.39 is 11.7 Å². The summed E-state index contributed by atoms with van der Waals surface area (Å²) in [6.45, 7) is 0. The predicted octanol–water partition coefficient (Wildman–Crippen LogP) is 2.56. The molecule has 0 saturated carbocycles. The number of nitrogens with zero attached hydrogens (tertiary/aromatic N) is 2. The van der Waals surface area contributed by atoms with E-state index in [-0.39, 0.29) is 11.2 Å². The van der Waals surface area contributed by atoms with Crippen molar-refractivity contribution in [2.45, 2.75) is 19.0 Å². The molecule has 4 nitrogen and oxygen atoms in total. The van der Waals surface area contributed by atoms with Crippen molar-refractivity contribution in [2.24, 2.45) is 0 Å². The average Bonchev–Trinajstić information content (AvgIpc) is 2.92. The minimum atomic E-state index is -4.45. The van der Waals surface area contributed by atoms with Gasteiger partial charge in [0.05, 0.1) is 5.56 Å². The average molecular weight is 332 g/mol. The molecule has 1 N–H and O–H groups in total. The number of fused-ring (bicyclic) bond motifs is 3. The fraction of sp³-hybridized carbons (Fsp3) is 0.176. The third-order valence-electron chi connectivity index (χ3n) is 4.22. The molecule has 2 heterocycles. The van der Waals surface area contributed by atoms with Gasteiger partial charge in [-0.3, -0.25) is 0 Å². The maximum absolute atomic E-state index is 12.9. The minimum Gasteiger partial charge on any atom is -0.234 e. The Kier molecular flexibility index (Phi) is 3.13. The number of alkyl halides is 3. The summed E-state index contributed by atoms with van der Waals surface area (Å²) in [6.07, 6.45) is -3.18. The molecule has 7 heteroatoms. The molecule has 3 aromatic rings. The lowest BCUT2D eigenvalue weighted by Crippen LogP contribution is -2.42. The lowest BCUT2D eigenvalue weighted by molar-refractivity contribution is -0.671. The number of rotatable bonds is 1. The van der Waals surface area contributed by atoms with Crippen LogP contribution in [0, 0.1) is 0 Å². The molecule has 24 heavy (non-hydrogen) atoms. The maximum Gasteiger partial charge on any atom is 0.416 e. The standard InChI is InChI=1S/C17H12F3N3O/c18-17(19,20)12-5-3-6-13(10-12)22-16(24)15-9-8-11-4-1-2-7-14(11)23(15)21-22/h1-7,10H,8-9H2/p+1. The molecular formula is C17H13F3N3O+. The first-order chi connectivity index (χ1) is 11.4. The first-order valence-corrected chi connectivity index (χ1v) is 7.47. The van der Waals surface area contributed by atoms with Gasteiger partial charge in [-0.25, -0.2) is 4.79 Å². The predicted molar refractivity (Wildman–Crippen MR) is 80.3 cm³/mol. The van der Waals surface area contributed by atoms with Crippen LogP contribution in [0.3, 0.4) is 0 Å². The molecule has 0 radical (unpaired) electrons. The second kappa shape index (κ2) is 5.09. The molecule has 1 aliphatic rings. The number of hydrogen-bond donors (Lipinski definition) is 1. The van der Waals surface area contributed by atoms with Gasteiger partial charge in [0.15, 0.2) is 11.4 Å². The van der Waals surface area contributed by atoms with Crippen LogP contribution in [0.25, 0.3) is 11.4 Å². The largest absolute Gasteiger partial charge is 0.416 e. The molecule has 0 fully saturated rings. The molecule has 0 saturated heterocycles. The van der Waals surface area contributed by atoms with Crippen molar-refractivity contribution in [3.05, 3.63) is 75.7 Å². The van der Waals surface area contributed by atoms with Crippen LogP contribution in [-0.2, 0) is 19.0 Å². The van der Waals surface area contributed by atoms with E-state index in [1.54, 1.807) is 4.68 Å². The molecule has 0 aliphatic carbocycles. The summed E-state index contributed by atoms with van der Waals surface area (Å²) in [7, 11) is 0. The number of aromatic amines is 1. The summed E-state index contributed by atoms with van der Waals surface area (Å²) in [4.78, 5) is 12.6. The lowest BCUT2D eigenvalue weighted by Gasteiger charge is -2.10. The zero-order chi connectivity index (χ0) is 16.9. The van der Waals surface area contributed by atoms with Crippen molar-refractivity contribution >= 4 is 0 Å². The number of para-hydroxylation sites is 1. The number of H-pyrrole nitrogens is 1. The molecule has 1 aliphatic heterocycles. The number of aromatic nitrogens is 3. The number of aryl methyl sites for hydroxylation is 1. The molecule has 0 atom stereocenters.